The lowest BCUT2D eigenvalue weighted by Crippen LogP contribution is -1.99. The number of carboxylic acid groups (broad SMARTS) is 1. The molecule has 3 nitrogen and oxygen atoms in total. The van der Waals surface area contributed by atoms with Crippen LogP contribution >= 0.6 is 22.6 Å². The topological polar surface area (TPSA) is 46.5 Å². The molecule has 1 fully saturated rings. The second-order valence-electron chi connectivity index (χ2n) is 3.68. The van der Waals surface area contributed by atoms with Gasteiger partial charge in [0.05, 0.1) is 16.6 Å². The Balaban J connectivity index is 2.18. The van der Waals surface area contributed by atoms with Gasteiger partial charge in [-0.05, 0) is 52.6 Å². The van der Waals surface area contributed by atoms with E-state index in [1.165, 1.54) is 0 Å². The Morgan fingerprint density at radius 3 is 2.80 bits per heavy atom. The van der Waals surface area contributed by atoms with Crippen molar-refractivity contribution >= 4 is 28.6 Å². The van der Waals surface area contributed by atoms with Gasteiger partial charge in [-0.2, -0.15) is 0 Å². The maximum Gasteiger partial charge on any atom is 0.307 e. The first kappa shape index (κ1) is 10.7. The summed E-state index contributed by atoms with van der Waals surface area (Å²) in [5.41, 5.74) is 1.10. The van der Waals surface area contributed by atoms with Crippen molar-refractivity contribution in [2.45, 2.75) is 12.3 Å². The van der Waals surface area contributed by atoms with Crippen molar-refractivity contribution in [3.05, 3.63) is 27.3 Å². The molecule has 1 aromatic carbocycles. The third kappa shape index (κ3) is 2.09. The number of aliphatic carboxylic acids is 1. The first-order valence-electron chi connectivity index (χ1n) is 4.69. The van der Waals surface area contributed by atoms with Crippen LogP contribution in [-0.2, 0) is 4.79 Å². The van der Waals surface area contributed by atoms with E-state index in [9.17, 15) is 4.79 Å². The Hall–Kier alpha value is -0.780. The highest BCUT2D eigenvalue weighted by Gasteiger charge is 2.44. The van der Waals surface area contributed by atoms with Crippen LogP contribution in [0.1, 0.15) is 17.9 Å². The molecular formula is C11H11IO3. The van der Waals surface area contributed by atoms with E-state index in [2.05, 4.69) is 22.6 Å². The van der Waals surface area contributed by atoms with Gasteiger partial charge in [-0.1, -0.05) is 6.07 Å². The van der Waals surface area contributed by atoms with Crippen molar-refractivity contribution in [1.29, 1.82) is 0 Å². The van der Waals surface area contributed by atoms with Crippen molar-refractivity contribution < 1.29 is 14.6 Å². The fourth-order valence-electron chi connectivity index (χ4n) is 1.75. The van der Waals surface area contributed by atoms with Gasteiger partial charge in [-0.3, -0.25) is 4.79 Å². The van der Waals surface area contributed by atoms with E-state index >= 15 is 0 Å². The van der Waals surface area contributed by atoms with Crippen LogP contribution in [0, 0.1) is 9.49 Å². The molecule has 1 saturated carbocycles. The first-order chi connectivity index (χ1) is 7.13. The molecule has 0 amide bonds. The number of methoxy groups -OCH3 is 1. The van der Waals surface area contributed by atoms with Crippen LogP contribution < -0.4 is 4.74 Å². The molecule has 2 atom stereocenters. The Labute approximate surface area is 102 Å². The van der Waals surface area contributed by atoms with Crippen LogP contribution in [0.3, 0.4) is 0 Å². The molecule has 80 valence electrons. The summed E-state index contributed by atoms with van der Waals surface area (Å²) in [7, 11) is 1.63. The number of carbonyl (C=O) groups is 1. The van der Waals surface area contributed by atoms with Gasteiger partial charge in [0.2, 0.25) is 0 Å². The van der Waals surface area contributed by atoms with E-state index in [-0.39, 0.29) is 11.8 Å². The highest BCUT2D eigenvalue weighted by molar-refractivity contribution is 14.1. The van der Waals surface area contributed by atoms with Crippen molar-refractivity contribution in [3.63, 3.8) is 0 Å². The molecule has 0 radical (unpaired) electrons. The minimum Gasteiger partial charge on any atom is -0.496 e. The fraction of sp³-hybridized carbons (Fsp3) is 0.364. The number of hydrogen-bond donors (Lipinski definition) is 1. The maximum atomic E-state index is 10.7. The SMILES string of the molecule is COc1ccc([C@H]2C[C@@H]2C(=O)O)cc1I. The predicted octanol–water partition coefficient (Wildman–Crippen LogP) is 2.49. The molecule has 15 heavy (non-hydrogen) atoms. The number of benzene rings is 1. The lowest BCUT2D eigenvalue weighted by molar-refractivity contribution is -0.138. The van der Waals surface area contributed by atoms with Crippen LogP contribution in [0.4, 0.5) is 0 Å². The summed E-state index contributed by atoms with van der Waals surface area (Å²) in [4.78, 5) is 10.7. The van der Waals surface area contributed by atoms with Crippen LogP contribution in [-0.4, -0.2) is 18.2 Å². The maximum absolute atomic E-state index is 10.7. The van der Waals surface area contributed by atoms with E-state index in [4.69, 9.17) is 9.84 Å². The second kappa shape index (κ2) is 4.00. The van der Waals surface area contributed by atoms with Crippen LogP contribution in [0.2, 0.25) is 0 Å². The average molecular weight is 318 g/mol. The summed E-state index contributed by atoms with van der Waals surface area (Å²) in [6.07, 6.45) is 0.762. The Morgan fingerprint density at radius 1 is 1.60 bits per heavy atom. The van der Waals surface area contributed by atoms with Gasteiger partial charge >= 0.3 is 5.97 Å². The molecule has 0 heterocycles. The summed E-state index contributed by atoms with van der Waals surface area (Å²) in [5, 5.41) is 8.83. The quantitative estimate of drug-likeness (QED) is 0.871. The normalized spacial score (nSPS) is 23.6. The summed E-state index contributed by atoms with van der Waals surface area (Å²) in [6.45, 7) is 0. The molecular weight excluding hydrogens is 307 g/mol. The predicted molar refractivity (Wildman–Crippen MR) is 64.2 cm³/mol. The van der Waals surface area contributed by atoms with E-state index in [0.29, 0.717) is 0 Å². The van der Waals surface area contributed by atoms with Crippen molar-refractivity contribution in [3.8, 4) is 5.75 Å². The highest BCUT2D eigenvalue weighted by atomic mass is 127. The molecule has 0 spiro atoms. The number of ether oxygens (including phenoxy) is 1. The van der Waals surface area contributed by atoms with Crippen LogP contribution in [0.25, 0.3) is 0 Å². The van der Waals surface area contributed by atoms with E-state index in [1.807, 2.05) is 18.2 Å². The van der Waals surface area contributed by atoms with Crippen molar-refractivity contribution in [1.82, 2.24) is 0 Å². The van der Waals surface area contributed by atoms with Gasteiger partial charge in [0.15, 0.2) is 0 Å². The van der Waals surface area contributed by atoms with E-state index in [1.54, 1.807) is 7.11 Å². The van der Waals surface area contributed by atoms with Gasteiger partial charge in [-0.15, -0.1) is 0 Å². The molecule has 0 saturated heterocycles. The molecule has 2 rings (SSSR count). The van der Waals surface area contributed by atoms with Gasteiger partial charge in [0, 0.05) is 0 Å². The summed E-state index contributed by atoms with van der Waals surface area (Å²) in [5.74, 6) is 0.161. The molecule has 0 aliphatic heterocycles. The van der Waals surface area contributed by atoms with Crippen LogP contribution in [0.15, 0.2) is 18.2 Å². The standard InChI is InChI=1S/C11H11IO3/c1-15-10-3-2-6(4-9(10)12)7-5-8(7)11(13)14/h2-4,7-8H,5H2,1H3,(H,13,14)/t7-,8+/m1/s1. The Morgan fingerprint density at radius 2 is 2.33 bits per heavy atom. The number of hydrogen-bond acceptors (Lipinski definition) is 2. The van der Waals surface area contributed by atoms with Gasteiger partial charge < -0.3 is 9.84 Å². The van der Waals surface area contributed by atoms with Crippen LogP contribution in [0.5, 0.6) is 5.75 Å². The molecule has 1 aromatic rings. The second-order valence-corrected chi connectivity index (χ2v) is 4.84. The zero-order chi connectivity index (χ0) is 11.0. The molecule has 4 heteroatoms. The zero-order valence-electron chi connectivity index (χ0n) is 8.24. The Bertz CT molecular complexity index is 403. The minimum atomic E-state index is -0.689. The van der Waals surface area contributed by atoms with Gasteiger partial charge in [0.25, 0.3) is 0 Å². The molecule has 0 bridgehead atoms. The van der Waals surface area contributed by atoms with E-state index in [0.717, 1.165) is 21.3 Å². The monoisotopic (exact) mass is 318 g/mol. The van der Waals surface area contributed by atoms with E-state index < -0.39 is 5.97 Å². The molecule has 1 aliphatic rings. The molecule has 0 aromatic heterocycles. The fourth-order valence-corrected chi connectivity index (χ4v) is 2.51. The molecule has 0 unspecified atom stereocenters. The highest BCUT2D eigenvalue weighted by Crippen LogP contribution is 2.48. The minimum absolute atomic E-state index is 0.186. The summed E-state index contributed by atoms with van der Waals surface area (Å²) >= 11 is 2.20. The van der Waals surface area contributed by atoms with Crippen molar-refractivity contribution in [2.75, 3.05) is 7.11 Å². The number of rotatable bonds is 3. The lowest BCUT2D eigenvalue weighted by atomic mass is 10.1. The number of halogens is 1. The average Bonchev–Trinajstić information content (AvgIpc) is 2.97. The smallest absolute Gasteiger partial charge is 0.307 e. The van der Waals surface area contributed by atoms with Gasteiger partial charge in [0.1, 0.15) is 5.75 Å². The largest absolute Gasteiger partial charge is 0.496 e. The van der Waals surface area contributed by atoms with Crippen molar-refractivity contribution in [2.24, 2.45) is 5.92 Å². The summed E-state index contributed by atoms with van der Waals surface area (Å²) in [6, 6.07) is 5.86. The third-order valence-corrected chi connectivity index (χ3v) is 3.55. The lowest BCUT2D eigenvalue weighted by Gasteiger charge is -2.05. The zero-order valence-corrected chi connectivity index (χ0v) is 10.4. The third-order valence-electron chi connectivity index (χ3n) is 2.71. The molecule has 1 N–H and O–H groups in total. The first-order valence-corrected chi connectivity index (χ1v) is 5.77. The molecule has 1 aliphatic carbocycles. The Kier molecular flexibility index (Phi) is 2.86. The van der Waals surface area contributed by atoms with Gasteiger partial charge in [-0.25, -0.2) is 0 Å². The summed E-state index contributed by atoms with van der Waals surface area (Å²) < 4.78 is 6.18. The number of carboxylic acids is 1.